The van der Waals surface area contributed by atoms with Crippen LogP contribution in [0.3, 0.4) is 0 Å². The Labute approximate surface area is 131 Å². The highest BCUT2D eigenvalue weighted by Crippen LogP contribution is 2.31. The number of anilines is 1. The van der Waals surface area contributed by atoms with Gasteiger partial charge in [0.25, 0.3) is 5.56 Å². The van der Waals surface area contributed by atoms with Crippen molar-refractivity contribution in [3.8, 4) is 6.07 Å². The molecule has 1 saturated heterocycles. The number of hydrogen-bond donors (Lipinski definition) is 1. The first kappa shape index (κ1) is 13.5. The molecule has 1 aliphatic rings. The molecule has 8 heteroatoms. The molecule has 0 bridgehead atoms. The molecule has 0 aliphatic carbocycles. The Morgan fingerprint density at radius 1 is 1.30 bits per heavy atom. The van der Waals surface area contributed by atoms with Crippen molar-refractivity contribution in [2.45, 2.75) is 12.5 Å². The fraction of sp³-hybridized carbons (Fsp3) is 0.267. The lowest BCUT2D eigenvalue weighted by Crippen LogP contribution is -2.26. The van der Waals surface area contributed by atoms with E-state index in [1.165, 1.54) is 0 Å². The van der Waals surface area contributed by atoms with Crippen molar-refractivity contribution in [2.24, 2.45) is 0 Å². The molecule has 0 spiro atoms. The average molecular weight is 307 g/mol. The van der Waals surface area contributed by atoms with Crippen LogP contribution in [0.1, 0.15) is 18.0 Å². The SMILES string of the molecule is N#Cc1c(N2CCC(n3nccn3)C2)c2ncccc2[nH]c1=O. The lowest BCUT2D eigenvalue weighted by molar-refractivity contribution is 0.436. The maximum atomic E-state index is 12.2. The number of rotatable bonds is 2. The molecule has 1 atom stereocenters. The zero-order chi connectivity index (χ0) is 15.8. The van der Waals surface area contributed by atoms with Gasteiger partial charge in [-0.2, -0.15) is 20.3 Å². The highest BCUT2D eigenvalue weighted by atomic mass is 16.1. The molecular weight excluding hydrogens is 294 g/mol. The summed E-state index contributed by atoms with van der Waals surface area (Å²) in [7, 11) is 0. The van der Waals surface area contributed by atoms with Crippen LogP contribution >= 0.6 is 0 Å². The van der Waals surface area contributed by atoms with E-state index in [1.807, 2.05) is 11.0 Å². The van der Waals surface area contributed by atoms with Crippen molar-refractivity contribution in [2.75, 3.05) is 18.0 Å². The Hall–Kier alpha value is -3.21. The topological polar surface area (TPSA) is 103 Å². The second kappa shape index (κ2) is 5.21. The van der Waals surface area contributed by atoms with Crippen molar-refractivity contribution >= 4 is 16.7 Å². The summed E-state index contributed by atoms with van der Waals surface area (Å²) in [6, 6.07) is 5.69. The molecule has 1 fully saturated rings. The molecule has 114 valence electrons. The van der Waals surface area contributed by atoms with E-state index in [1.54, 1.807) is 35.5 Å². The molecular formula is C15H13N7O. The molecule has 1 N–H and O–H groups in total. The van der Waals surface area contributed by atoms with Crippen LogP contribution in [-0.4, -0.2) is 38.1 Å². The first-order chi connectivity index (χ1) is 11.3. The maximum absolute atomic E-state index is 12.2. The minimum atomic E-state index is -0.385. The Morgan fingerprint density at radius 2 is 2.13 bits per heavy atom. The van der Waals surface area contributed by atoms with Gasteiger partial charge in [0.15, 0.2) is 0 Å². The number of pyridine rings is 2. The largest absolute Gasteiger partial charge is 0.366 e. The molecule has 4 heterocycles. The van der Waals surface area contributed by atoms with Crippen molar-refractivity contribution < 1.29 is 0 Å². The van der Waals surface area contributed by atoms with Gasteiger partial charge in [-0.1, -0.05) is 0 Å². The van der Waals surface area contributed by atoms with Crippen LogP contribution in [0.25, 0.3) is 11.0 Å². The lowest BCUT2D eigenvalue weighted by Gasteiger charge is -2.20. The van der Waals surface area contributed by atoms with E-state index in [-0.39, 0.29) is 17.2 Å². The standard InChI is InChI=1S/C15H13N7O/c16-8-11-14(13-12(20-15(11)23)2-1-4-17-13)21-7-3-10(9-21)22-18-5-6-19-22/h1-2,4-6,10H,3,7,9H2,(H,20,23). The maximum Gasteiger partial charge on any atom is 0.268 e. The first-order valence-corrected chi connectivity index (χ1v) is 7.30. The summed E-state index contributed by atoms with van der Waals surface area (Å²) in [5.41, 5.74) is 1.58. The van der Waals surface area contributed by atoms with Gasteiger partial charge in [-0.3, -0.25) is 9.78 Å². The fourth-order valence-corrected chi connectivity index (χ4v) is 3.07. The first-order valence-electron chi connectivity index (χ1n) is 7.30. The van der Waals surface area contributed by atoms with E-state index in [4.69, 9.17) is 0 Å². The smallest absolute Gasteiger partial charge is 0.268 e. The zero-order valence-electron chi connectivity index (χ0n) is 12.2. The van der Waals surface area contributed by atoms with Crippen LogP contribution in [0.2, 0.25) is 0 Å². The molecule has 0 saturated carbocycles. The molecule has 3 aromatic heterocycles. The molecule has 8 nitrogen and oxygen atoms in total. The van der Waals surface area contributed by atoms with Gasteiger partial charge in [0.1, 0.15) is 17.1 Å². The Bertz CT molecular complexity index is 954. The highest BCUT2D eigenvalue weighted by Gasteiger charge is 2.29. The molecule has 4 rings (SSSR count). The number of aromatic amines is 1. The van der Waals surface area contributed by atoms with Gasteiger partial charge in [0.05, 0.1) is 29.6 Å². The zero-order valence-corrected chi connectivity index (χ0v) is 12.2. The fourth-order valence-electron chi connectivity index (χ4n) is 3.07. The number of hydrogen-bond acceptors (Lipinski definition) is 6. The van der Waals surface area contributed by atoms with Crippen LogP contribution in [-0.2, 0) is 0 Å². The minimum absolute atomic E-state index is 0.102. The lowest BCUT2D eigenvalue weighted by atomic mass is 10.1. The summed E-state index contributed by atoms with van der Waals surface area (Å²) in [5, 5.41) is 17.8. The molecule has 0 radical (unpaired) electrons. The summed E-state index contributed by atoms with van der Waals surface area (Å²) < 4.78 is 0. The number of fused-ring (bicyclic) bond motifs is 1. The third kappa shape index (κ3) is 2.14. The predicted octanol–water partition coefficient (Wildman–Crippen LogP) is 0.838. The minimum Gasteiger partial charge on any atom is -0.366 e. The van der Waals surface area contributed by atoms with E-state index in [0.717, 1.165) is 13.0 Å². The number of nitrogens with zero attached hydrogens (tertiary/aromatic N) is 6. The van der Waals surface area contributed by atoms with E-state index in [9.17, 15) is 10.1 Å². The Balaban J connectivity index is 1.83. The third-order valence-electron chi connectivity index (χ3n) is 4.10. The average Bonchev–Trinajstić information content (AvgIpc) is 3.24. The van der Waals surface area contributed by atoms with E-state index >= 15 is 0 Å². The van der Waals surface area contributed by atoms with Gasteiger partial charge in [-0.05, 0) is 18.6 Å². The predicted molar refractivity (Wildman–Crippen MR) is 83.0 cm³/mol. The summed E-state index contributed by atoms with van der Waals surface area (Å²) in [6.07, 6.45) is 5.80. The van der Waals surface area contributed by atoms with Crippen LogP contribution in [0.5, 0.6) is 0 Å². The molecule has 0 aromatic carbocycles. The second-order valence-corrected chi connectivity index (χ2v) is 5.43. The number of H-pyrrole nitrogens is 1. The highest BCUT2D eigenvalue weighted by molar-refractivity contribution is 5.91. The number of aromatic nitrogens is 5. The normalized spacial score (nSPS) is 17.5. The quantitative estimate of drug-likeness (QED) is 0.752. The van der Waals surface area contributed by atoms with Gasteiger partial charge in [-0.25, -0.2) is 0 Å². The van der Waals surface area contributed by atoms with Gasteiger partial charge in [-0.15, -0.1) is 0 Å². The van der Waals surface area contributed by atoms with Gasteiger partial charge < -0.3 is 9.88 Å². The summed E-state index contributed by atoms with van der Waals surface area (Å²) >= 11 is 0. The van der Waals surface area contributed by atoms with Crippen molar-refractivity contribution in [1.82, 2.24) is 25.0 Å². The van der Waals surface area contributed by atoms with Crippen molar-refractivity contribution in [1.29, 1.82) is 5.26 Å². The van der Waals surface area contributed by atoms with Crippen molar-refractivity contribution in [3.05, 3.63) is 46.6 Å². The summed E-state index contributed by atoms with van der Waals surface area (Å²) in [5.74, 6) is 0. The van der Waals surface area contributed by atoms with Gasteiger partial charge >= 0.3 is 0 Å². The van der Waals surface area contributed by atoms with Crippen LogP contribution in [0.15, 0.2) is 35.5 Å². The molecule has 1 aliphatic heterocycles. The summed E-state index contributed by atoms with van der Waals surface area (Å²) in [6.45, 7) is 1.36. The van der Waals surface area contributed by atoms with Crippen molar-refractivity contribution in [3.63, 3.8) is 0 Å². The summed E-state index contributed by atoms with van der Waals surface area (Å²) in [4.78, 5) is 23.0. The number of nitrogens with one attached hydrogen (secondary N) is 1. The second-order valence-electron chi connectivity index (χ2n) is 5.43. The Morgan fingerprint density at radius 3 is 2.91 bits per heavy atom. The van der Waals surface area contributed by atoms with Gasteiger partial charge in [0, 0.05) is 19.3 Å². The molecule has 23 heavy (non-hydrogen) atoms. The van der Waals surface area contributed by atoms with Crippen LogP contribution < -0.4 is 10.5 Å². The van der Waals surface area contributed by atoms with Gasteiger partial charge in [0.2, 0.25) is 0 Å². The Kier molecular flexibility index (Phi) is 3.05. The number of nitriles is 1. The van der Waals surface area contributed by atoms with Crippen LogP contribution in [0, 0.1) is 11.3 Å². The third-order valence-corrected chi connectivity index (χ3v) is 4.10. The van der Waals surface area contributed by atoms with Crippen LogP contribution in [0.4, 0.5) is 5.69 Å². The van der Waals surface area contributed by atoms with E-state index in [2.05, 4.69) is 20.2 Å². The van der Waals surface area contributed by atoms with E-state index < -0.39 is 0 Å². The molecule has 0 amide bonds. The molecule has 1 unspecified atom stereocenters. The monoisotopic (exact) mass is 307 g/mol. The molecule has 3 aromatic rings. The van der Waals surface area contributed by atoms with E-state index in [0.29, 0.717) is 23.3 Å².